The number of rotatable bonds is 4. The molecule has 0 amide bonds. The first kappa shape index (κ1) is 14.8. The highest BCUT2D eigenvalue weighted by atomic mass is 16.6. The Morgan fingerprint density at radius 1 is 1.52 bits per heavy atom. The van der Waals surface area contributed by atoms with Crippen LogP contribution in [0.5, 0.6) is 0 Å². The average Bonchev–Trinajstić information content (AvgIpc) is 2.46. The minimum atomic E-state index is -0.925. The highest BCUT2D eigenvalue weighted by molar-refractivity contribution is 5.73. The summed E-state index contributed by atoms with van der Waals surface area (Å²) < 4.78 is 0. The third-order valence-electron chi connectivity index (χ3n) is 3.66. The van der Waals surface area contributed by atoms with E-state index < -0.39 is 10.9 Å². The van der Waals surface area contributed by atoms with Gasteiger partial charge < -0.3 is 10.0 Å². The van der Waals surface area contributed by atoms with Crippen LogP contribution in [0, 0.1) is 21.4 Å². The summed E-state index contributed by atoms with van der Waals surface area (Å²) in [7, 11) is 0. The van der Waals surface area contributed by atoms with Crippen molar-refractivity contribution in [2.45, 2.75) is 31.7 Å². The van der Waals surface area contributed by atoms with Crippen LogP contribution in [-0.2, 0) is 4.79 Å². The standard InChI is InChI=1S/C14H15N3O4/c15-9-10-4-3-6-12(14(10)17(20)21)16-7-2-1-5-11(16)8-13(18)19/h3-4,6,11H,1-2,5,7-8H2,(H,18,19). The van der Waals surface area contributed by atoms with Gasteiger partial charge in [-0.2, -0.15) is 5.26 Å². The van der Waals surface area contributed by atoms with E-state index in [0.29, 0.717) is 18.7 Å². The van der Waals surface area contributed by atoms with Crippen LogP contribution >= 0.6 is 0 Å². The predicted molar refractivity (Wildman–Crippen MR) is 75.0 cm³/mol. The van der Waals surface area contributed by atoms with Crippen molar-refractivity contribution < 1.29 is 14.8 Å². The van der Waals surface area contributed by atoms with Crippen LogP contribution in [0.15, 0.2) is 18.2 Å². The van der Waals surface area contributed by atoms with Crippen molar-refractivity contribution in [1.82, 2.24) is 0 Å². The number of benzene rings is 1. The van der Waals surface area contributed by atoms with Gasteiger partial charge in [-0.1, -0.05) is 6.07 Å². The van der Waals surface area contributed by atoms with Gasteiger partial charge in [0.05, 0.1) is 11.3 Å². The summed E-state index contributed by atoms with van der Waals surface area (Å²) in [5.74, 6) is -0.925. The minimum Gasteiger partial charge on any atom is -0.481 e. The molecule has 0 spiro atoms. The van der Waals surface area contributed by atoms with E-state index in [1.807, 2.05) is 6.07 Å². The van der Waals surface area contributed by atoms with Crippen LogP contribution in [0.4, 0.5) is 11.4 Å². The van der Waals surface area contributed by atoms with Crippen LogP contribution in [-0.4, -0.2) is 28.6 Å². The van der Waals surface area contributed by atoms with E-state index in [9.17, 15) is 14.9 Å². The topological polar surface area (TPSA) is 107 Å². The maximum atomic E-state index is 11.3. The zero-order chi connectivity index (χ0) is 15.4. The van der Waals surface area contributed by atoms with E-state index in [4.69, 9.17) is 10.4 Å². The van der Waals surface area contributed by atoms with E-state index in [1.165, 1.54) is 6.07 Å². The Hall–Kier alpha value is -2.62. The summed E-state index contributed by atoms with van der Waals surface area (Å²) in [5, 5.41) is 29.3. The Labute approximate surface area is 121 Å². The molecule has 7 heteroatoms. The first-order valence-corrected chi connectivity index (χ1v) is 6.70. The molecule has 1 N–H and O–H groups in total. The average molecular weight is 289 g/mol. The lowest BCUT2D eigenvalue weighted by Gasteiger charge is -2.36. The number of nitrogens with zero attached hydrogens (tertiary/aromatic N) is 3. The fourth-order valence-electron chi connectivity index (χ4n) is 2.78. The molecule has 1 unspecified atom stereocenters. The van der Waals surface area contributed by atoms with E-state index in [1.54, 1.807) is 17.0 Å². The maximum Gasteiger partial charge on any atom is 0.310 e. The molecule has 1 fully saturated rings. The molecule has 0 saturated carbocycles. The second-order valence-electron chi connectivity index (χ2n) is 4.98. The van der Waals surface area contributed by atoms with Gasteiger partial charge >= 0.3 is 11.7 Å². The van der Waals surface area contributed by atoms with Crippen LogP contribution < -0.4 is 4.90 Å². The van der Waals surface area contributed by atoms with Gasteiger partial charge in [0.2, 0.25) is 0 Å². The molecule has 1 aliphatic rings. The van der Waals surface area contributed by atoms with Crippen LogP contribution in [0.1, 0.15) is 31.2 Å². The summed E-state index contributed by atoms with van der Waals surface area (Å²) in [6.45, 7) is 0.563. The maximum absolute atomic E-state index is 11.3. The first-order valence-electron chi connectivity index (χ1n) is 6.70. The van der Waals surface area contributed by atoms with E-state index in [0.717, 1.165) is 12.8 Å². The van der Waals surface area contributed by atoms with Crippen molar-refractivity contribution in [2.24, 2.45) is 0 Å². The second kappa shape index (κ2) is 6.22. The molecule has 0 radical (unpaired) electrons. The third-order valence-corrected chi connectivity index (χ3v) is 3.66. The number of hydrogen-bond acceptors (Lipinski definition) is 5. The molecule has 2 rings (SSSR count). The zero-order valence-electron chi connectivity index (χ0n) is 11.4. The molecular formula is C14H15N3O4. The molecule has 110 valence electrons. The number of para-hydroxylation sites is 1. The minimum absolute atomic E-state index is 0.00264. The Balaban J connectivity index is 2.46. The fourth-order valence-corrected chi connectivity index (χ4v) is 2.78. The van der Waals surface area contributed by atoms with Crippen molar-refractivity contribution in [3.05, 3.63) is 33.9 Å². The molecule has 1 heterocycles. The van der Waals surface area contributed by atoms with Gasteiger partial charge in [0, 0.05) is 12.6 Å². The van der Waals surface area contributed by atoms with E-state index in [2.05, 4.69) is 0 Å². The van der Waals surface area contributed by atoms with Gasteiger partial charge in [-0.3, -0.25) is 14.9 Å². The summed E-state index contributed by atoms with van der Waals surface area (Å²) in [6, 6.07) is 6.13. The largest absolute Gasteiger partial charge is 0.481 e. The highest BCUT2D eigenvalue weighted by Gasteiger charge is 2.31. The molecule has 0 bridgehead atoms. The van der Waals surface area contributed by atoms with Gasteiger partial charge in [0.15, 0.2) is 0 Å². The van der Waals surface area contributed by atoms with Crippen LogP contribution in [0.3, 0.4) is 0 Å². The molecule has 7 nitrogen and oxygen atoms in total. The quantitative estimate of drug-likeness (QED) is 0.673. The monoisotopic (exact) mass is 289 g/mol. The van der Waals surface area contributed by atoms with Crippen LogP contribution in [0.2, 0.25) is 0 Å². The van der Waals surface area contributed by atoms with Crippen molar-refractivity contribution in [2.75, 3.05) is 11.4 Å². The summed E-state index contributed by atoms with van der Waals surface area (Å²) in [6.07, 6.45) is 2.37. The number of aliphatic carboxylic acids is 1. The molecule has 21 heavy (non-hydrogen) atoms. The fraction of sp³-hybridized carbons (Fsp3) is 0.429. The first-order chi connectivity index (χ1) is 10.0. The van der Waals surface area contributed by atoms with Gasteiger partial charge in [-0.25, -0.2) is 0 Å². The van der Waals surface area contributed by atoms with Crippen molar-refractivity contribution in [3.63, 3.8) is 0 Å². The Kier molecular flexibility index (Phi) is 4.38. The molecule has 0 aliphatic carbocycles. The molecule has 0 aromatic heterocycles. The van der Waals surface area contributed by atoms with Gasteiger partial charge in [-0.15, -0.1) is 0 Å². The number of nitriles is 1. The Morgan fingerprint density at radius 2 is 2.29 bits per heavy atom. The van der Waals surface area contributed by atoms with Gasteiger partial charge in [0.1, 0.15) is 17.3 Å². The molecule has 1 saturated heterocycles. The molecular weight excluding hydrogens is 274 g/mol. The number of carboxylic acid groups (broad SMARTS) is 1. The Morgan fingerprint density at radius 3 is 2.90 bits per heavy atom. The third kappa shape index (κ3) is 3.11. The predicted octanol–water partition coefficient (Wildman–Crippen LogP) is 2.30. The normalized spacial score (nSPS) is 18.0. The SMILES string of the molecule is N#Cc1cccc(N2CCCCC2CC(=O)O)c1[N+](=O)[O-]. The van der Waals surface area contributed by atoms with Crippen molar-refractivity contribution in [3.8, 4) is 6.07 Å². The lowest BCUT2D eigenvalue weighted by atomic mass is 9.97. The van der Waals surface area contributed by atoms with E-state index >= 15 is 0 Å². The summed E-state index contributed by atoms with van der Waals surface area (Å²) >= 11 is 0. The summed E-state index contributed by atoms with van der Waals surface area (Å²) in [5.41, 5.74) is 0.0967. The molecule has 1 aromatic carbocycles. The number of carbonyl (C=O) groups is 1. The number of hydrogen-bond donors (Lipinski definition) is 1. The lowest BCUT2D eigenvalue weighted by molar-refractivity contribution is -0.384. The number of piperidine rings is 1. The van der Waals surface area contributed by atoms with Gasteiger partial charge in [-0.05, 0) is 31.4 Å². The molecule has 1 aromatic rings. The number of nitro benzene ring substituents is 1. The van der Waals surface area contributed by atoms with Crippen molar-refractivity contribution in [1.29, 1.82) is 5.26 Å². The zero-order valence-corrected chi connectivity index (χ0v) is 11.4. The molecule has 1 atom stereocenters. The number of nitro groups is 1. The smallest absolute Gasteiger partial charge is 0.310 e. The second-order valence-corrected chi connectivity index (χ2v) is 4.98. The lowest BCUT2D eigenvalue weighted by Crippen LogP contribution is -2.41. The summed E-state index contributed by atoms with van der Waals surface area (Å²) in [4.78, 5) is 23.4. The van der Waals surface area contributed by atoms with E-state index in [-0.39, 0.29) is 23.7 Å². The Bertz CT molecular complexity index is 609. The van der Waals surface area contributed by atoms with Crippen molar-refractivity contribution >= 4 is 17.3 Å². The number of carboxylic acids is 1. The molecule has 1 aliphatic heterocycles. The van der Waals surface area contributed by atoms with Crippen LogP contribution in [0.25, 0.3) is 0 Å². The number of anilines is 1. The highest BCUT2D eigenvalue weighted by Crippen LogP contribution is 2.35. The van der Waals surface area contributed by atoms with Gasteiger partial charge in [0.25, 0.3) is 0 Å².